The second kappa shape index (κ2) is 6.15. The molecule has 0 atom stereocenters. The molecule has 0 amide bonds. The highest BCUT2D eigenvalue weighted by Crippen LogP contribution is 2.08. The number of rotatable bonds is 6. The molecule has 14 heavy (non-hydrogen) atoms. The Labute approximate surface area is 83.2 Å². The van der Waals surface area contributed by atoms with E-state index in [2.05, 4.69) is 15.3 Å². The van der Waals surface area contributed by atoms with Crippen LogP contribution in [0.15, 0.2) is 12.4 Å². The van der Waals surface area contributed by atoms with Crippen LogP contribution in [0.3, 0.4) is 0 Å². The van der Waals surface area contributed by atoms with E-state index in [4.69, 9.17) is 9.84 Å². The molecule has 5 heteroatoms. The highest BCUT2D eigenvalue weighted by atomic mass is 16.5. The van der Waals surface area contributed by atoms with Crippen molar-refractivity contribution in [3.05, 3.63) is 12.4 Å². The topological polar surface area (TPSA) is 67.3 Å². The first kappa shape index (κ1) is 10.7. The van der Waals surface area contributed by atoms with E-state index < -0.39 is 0 Å². The van der Waals surface area contributed by atoms with Gasteiger partial charge in [-0.15, -0.1) is 0 Å². The lowest BCUT2D eigenvalue weighted by Gasteiger charge is -2.05. The predicted molar refractivity (Wildman–Crippen MR) is 53.4 cm³/mol. The molecule has 0 spiro atoms. The fraction of sp³-hybridized carbons (Fsp3) is 0.556. The van der Waals surface area contributed by atoms with Gasteiger partial charge in [0.05, 0.1) is 19.0 Å². The first-order valence-corrected chi connectivity index (χ1v) is 4.66. The summed E-state index contributed by atoms with van der Waals surface area (Å²) in [5.41, 5.74) is 0. The van der Waals surface area contributed by atoms with Crippen LogP contribution in [0.5, 0.6) is 5.88 Å². The van der Waals surface area contributed by atoms with Gasteiger partial charge in [-0.3, -0.25) is 4.98 Å². The molecule has 0 unspecified atom stereocenters. The number of aliphatic hydroxyl groups is 1. The zero-order valence-electron chi connectivity index (χ0n) is 8.23. The quantitative estimate of drug-likeness (QED) is 0.656. The molecule has 1 aromatic heterocycles. The Bertz CT molecular complexity index is 268. The van der Waals surface area contributed by atoms with E-state index >= 15 is 0 Å². The Morgan fingerprint density at radius 3 is 3.07 bits per heavy atom. The lowest BCUT2D eigenvalue weighted by atomic mass is 10.5. The van der Waals surface area contributed by atoms with Crippen LogP contribution >= 0.6 is 0 Å². The van der Waals surface area contributed by atoms with Gasteiger partial charge in [0.1, 0.15) is 5.82 Å². The summed E-state index contributed by atoms with van der Waals surface area (Å²) in [4.78, 5) is 8.13. The van der Waals surface area contributed by atoms with Crippen molar-refractivity contribution in [2.24, 2.45) is 0 Å². The number of hydrogen-bond donors (Lipinski definition) is 2. The molecule has 1 rings (SSSR count). The summed E-state index contributed by atoms with van der Waals surface area (Å²) in [6.07, 6.45) is 3.80. The van der Waals surface area contributed by atoms with Gasteiger partial charge in [-0.05, 0) is 6.92 Å². The fourth-order valence-corrected chi connectivity index (χ4v) is 0.925. The van der Waals surface area contributed by atoms with Gasteiger partial charge in [-0.1, -0.05) is 0 Å². The zero-order valence-corrected chi connectivity index (χ0v) is 8.23. The third-order valence-electron chi connectivity index (χ3n) is 1.52. The summed E-state index contributed by atoms with van der Waals surface area (Å²) in [7, 11) is 0. The largest absolute Gasteiger partial charge is 0.476 e. The van der Waals surface area contributed by atoms with Gasteiger partial charge in [0, 0.05) is 19.6 Å². The minimum absolute atomic E-state index is 0.125. The number of aliphatic hydroxyl groups excluding tert-OH is 1. The molecule has 0 saturated carbocycles. The monoisotopic (exact) mass is 197 g/mol. The molecule has 0 aliphatic rings. The number of hydrogen-bond acceptors (Lipinski definition) is 5. The summed E-state index contributed by atoms with van der Waals surface area (Å²) in [6.45, 7) is 3.37. The molecule has 0 radical (unpaired) electrons. The van der Waals surface area contributed by atoms with Gasteiger partial charge in [-0.2, -0.15) is 4.98 Å². The highest BCUT2D eigenvalue weighted by molar-refractivity contribution is 5.32. The molecule has 5 nitrogen and oxygen atoms in total. The maximum Gasteiger partial charge on any atom is 0.234 e. The summed E-state index contributed by atoms with van der Waals surface area (Å²) in [6, 6.07) is 0. The second-order valence-electron chi connectivity index (χ2n) is 2.70. The molecule has 0 aliphatic heterocycles. The van der Waals surface area contributed by atoms with Gasteiger partial charge in [0.2, 0.25) is 5.88 Å². The van der Waals surface area contributed by atoms with E-state index in [0.717, 1.165) is 6.54 Å². The van der Waals surface area contributed by atoms with Crippen molar-refractivity contribution in [1.82, 2.24) is 9.97 Å². The standard InChI is InChI=1S/C9H15N3O2/c1-2-11-8-6-10-7-9(12-8)14-5-3-4-13/h6-7,13H,2-5H2,1H3,(H,11,12). The van der Waals surface area contributed by atoms with Crippen molar-refractivity contribution in [3.63, 3.8) is 0 Å². The van der Waals surface area contributed by atoms with Crippen LogP contribution in [0.4, 0.5) is 5.82 Å². The average molecular weight is 197 g/mol. The maximum absolute atomic E-state index is 8.55. The lowest BCUT2D eigenvalue weighted by Crippen LogP contribution is -2.04. The number of aromatic nitrogens is 2. The van der Waals surface area contributed by atoms with E-state index in [-0.39, 0.29) is 6.61 Å². The third kappa shape index (κ3) is 3.57. The zero-order chi connectivity index (χ0) is 10.2. The summed E-state index contributed by atoms with van der Waals surface area (Å²) < 4.78 is 5.26. The molecular formula is C9H15N3O2. The van der Waals surface area contributed by atoms with Gasteiger partial charge in [-0.25, -0.2) is 0 Å². The van der Waals surface area contributed by atoms with Crippen LogP contribution in [0.25, 0.3) is 0 Å². The molecule has 0 bridgehead atoms. The van der Waals surface area contributed by atoms with E-state index in [1.807, 2.05) is 6.92 Å². The van der Waals surface area contributed by atoms with Crippen LogP contribution in [0.1, 0.15) is 13.3 Å². The van der Waals surface area contributed by atoms with Crippen molar-refractivity contribution >= 4 is 5.82 Å². The average Bonchev–Trinajstić information content (AvgIpc) is 2.19. The van der Waals surface area contributed by atoms with Crippen molar-refractivity contribution < 1.29 is 9.84 Å². The first-order chi connectivity index (χ1) is 6.86. The van der Waals surface area contributed by atoms with Crippen molar-refractivity contribution in [1.29, 1.82) is 0 Å². The van der Waals surface area contributed by atoms with E-state index in [1.54, 1.807) is 12.4 Å². The summed E-state index contributed by atoms with van der Waals surface area (Å²) in [5, 5.41) is 11.6. The van der Waals surface area contributed by atoms with E-state index in [1.165, 1.54) is 0 Å². The molecule has 0 fully saturated rings. The minimum atomic E-state index is 0.125. The Morgan fingerprint density at radius 2 is 2.36 bits per heavy atom. The summed E-state index contributed by atoms with van der Waals surface area (Å²) in [5.74, 6) is 1.19. The molecule has 2 N–H and O–H groups in total. The SMILES string of the molecule is CCNc1cncc(OCCCO)n1. The van der Waals surface area contributed by atoms with E-state index in [0.29, 0.717) is 24.7 Å². The highest BCUT2D eigenvalue weighted by Gasteiger charge is 1.97. The smallest absolute Gasteiger partial charge is 0.234 e. The van der Waals surface area contributed by atoms with Crippen molar-refractivity contribution in [2.75, 3.05) is 25.1 Å². The van der Waals surface area contributed by atoms with Crippen molar-refractivity contribution in [2.45, 2.75) is 13.3 Å². The van der Waals surface area contributed by atoms with Gasteiger partial charge >= 0.3 is 0 Å². The van der Waals surface area contributed by atoms with Gasteiger partial charge in [0.15, 0.2) is 0 Å². The van der Waals surface area contributed by atoms with Crippen LogP contribution < -0.4 is 10.1 Å². The van der Waals surface area contributed by atoms with Crippen LogP contribution in [-0.2, 0) is 0 Å². The molecule has 0 aromatic carbocycles. The first-order valence-electron chi connectivity index (χ1n) is 4.66. The predicted octanol–water partition coefficient (Wildman–Crippen LogP) is 0.670. The molecular weight excluding hydrogens is 182 g/mol. The van der Waals surface area contributed by atoms with Crippen LogP contribution in [-0.4, -0.2) is 34.8 Å². The Kier molecular flexibility index (Phi) is 4.71. The fourth-order valence-electron chi connectivity index (χ4n) is 0.925. The number of nitrogens with one attached hydrogen (secondary N) is 1. The number of anilines is 1. The molecule has 78 valence electrons. The summed E-state index contributed by atoms with van der Waals surface area (Å²) >= 11 is 0. The maximum atomic E-state index is 8.55. The molecule has 1 aromatic rings. The minimum Gasteiger partial charge on any atom is -0.476 e. The normalized spacial score (nSPS) is 9.86. The Hall–Kier alpha value is -1.36. The van der Waals surface area contributed by atoms with Gasteiger partial charge < -0.3 is 15.2 Å². The third-order valence-corrected chi connectivity index (χ3v) is 1.52. The number of nitrogens with zero attached hydrogens (tertiary/aromatic N) is 2. The molecule has 0 aliphatic carbocycles. The second-order valence-corrected chi connectivity index (χ2v) is 2.70. The Balaban J connectivity index is 2.46. The Morgan fingerprint density at radius 1 is 1.50 bits per heavy atom. The van der Waals surface area contributed by atoms with Crippen molar-refractivity contribution in [3.8, 4) is 5.88 Å². The molecule has 0 saturated heterocycles. The van der Waals surface area contributed by atoms with Crippen LogP contribution in [0, 0.1) is 0 Å². The number of ether oxygens (including phenoxy) is 1. The lowest BCUT2D eigenvalue weighted by molar-refractivity contribution is 0.229. The van der Waals surface area contributed by atoms with E-state index in [9.17, 15) is 0 Å². The van der Waals surface area contributed by atoms with Gasteiger partial charge in [0.25, 0.3) is 0 Å². The molecule has 1 heterocycles. The van der Waals surface area contributed by atoms with Crippen LogP contribution in [0.2, 0.25) is 0 Å².